The first-order chi connectivity index (χ1) is 10.3. The molecule has 102 valence electrons. The van der Waals surface area contributed by atoms with Gasteiger partial charge in [-0.3, -0.25) is 9.55 Å². The summed E-state index contributed by atoms with van der Waals surface area (Å²) in [4.78, 5) is 13.2. The van der Waals surface area contributed by atoms with E-state index in [-0.39, 0.29) is 0 Å². The van der Waals surface area contributed by atoms with E-state index in [0.29, 0.717) is 0 Å². The lowest BCUT2D eigenvalue weighted by Gasteiger charge is -2.06. The number of para-hydroxylation sites is 1. The standard InChI is InChI=1S/C16H12N4S/c1-11-5-6-17-7-13(11)12-3-2-4-14-16(12)18-9-20(14)15-8-21-10-19-15/h2-10H,1H3. The Morgan fingerprint density at radius 3 is 2.86 bits per heavy atom. The Morgan fingerprint density at radius 2 is 2.05 bits per heavy atom. The third kappa shape index (κ3) is 1.94. The van der Waals surface area contributed by atoms with E-state index in [9.17, 15) is 0 Å². The maximum Gasteiger partial charge on any atom is 0.149 e. The van der Waals surface area contributed by atoms with Gasteiger partial charge < -0.3 is 0 Å². The molecule has 0 unspecified atom stereocenters. The second-order valence-corrected chi connectivity index (χ2v) is 5.54. The Kier molecular flexibility index (Phi) is 2.79. The Hall–Kier alpha value is -2.53. The number of fused-ring (bicyclic) bond motifs is 1. The van der Waals surface area contributed by atoms with Crippen molar-refractivity contribution >= 4 is 22.4 Å². The van der Waals surface area contributed by atoms with E-state index in [4.69, 9.17) is 0 Å². The molecule has 0 spiro atoms. The molecule has 3 aromatic heterocycles. The van der Waals surface area contributed by atoms with Crippen molar-refractivity contribution in [2.75, 3.05) is 0 Å². The summed E-state index contributed by atoms with van der Waals surface area (Å²) < 4.78 is 2.01. The lowest BCUT2D eigenvalue weighted by Crippen LogP contribution is -1.92. The van der Waals surface area contributed by atoms with Gasteiger partial charge in [-0.15, -0.1) is 11.3 Å². The summed E-state index contributed by atoms with van der Waals surface area (Å²) in [5.74, 6) is 0.905. The summed E-state index contributed by atoms with van der Waals surface area (Å²) in [6.07, 6.45) is 5.54. The zero-order chi connectivity index (χ0) is 14.2. The normalized spacial score (nSPS) is 11.1. The van der Waals surface area contributed by atoms with Crippen molar-refractivity contribution in [3.63, 3.8) is 0 Å². The van der Waals surface area contributed by atoms with Crippen LogP contribution in [-0.2, 0) is 0 Å². The predicted octanol–water partition coefficient (Wildman–Crippen LogP) is 3.85. The van der Waals surface area contributed by atoms with Gasteiger partial charge in [-0.05, 0) is 24.6 Å². The van der Waals surface area contributed by atoms with Crippen LogP contribution in [0.4, 0.5) is 0 Å². The number of benzene rings is 1. The van der Waals surface area contributed by atoms with E-state index in [2.05, 4.69) is 40.1 Å². The van der Waals surface area contributed by atoms with Crippen molar-refractivity contribution in [3.8, 4) is 16.9 Å². The average Bonchev–Trinajstić information content (AvgIpc) is 3.16. The molecular weight excluding hydrogens is 280 g/mol. The molecule has 0 bridgehead atoms. The van der Waals surface area contributed by atoms with Crippen molar-refractivity contribution < 1.29 is 0 Å². The van der Waals surface area contributed by atoms with Gasteiger partial charge >= 0.3 is 0 Å². The number of hydrogen-bond acceptors (Lipinski definition) is 4. The Morgan fingerprint density at radius 1 is 1.10 bits per heavy atom. The molecule has 21 heavy (non-hydrogen) atoms. The zero-order valence-corrected chi connectivity index (χ0v) is 12.2. The summed E-state index contributed by atoms with van der Waals surface area (Å²) >= 11 is 1.58. The predicted molar refractivity (Wildman–Crippen MR) is 84.7 cm³/mol. The highest BCUT2D eigenvalue weighted by atomic mass is 32.1. The van der Waals surface area contributed by atoms with Gasteiger partial charge in [0.2, 0.25) is 0 Å². The minimum absolute atomic E-state index is 0.905. The van der Waals surface area contributed by atoms with Gasteiger partial charge in [-0.25, -0.2) is 9.97 Å². The number of aromatic nitrogens is 4. The highest BCUT2D eigenvalue weighted by Crippen LogP contribution is 2.30. The molecule has 0 radical (unpaired) electrons. The topological polar surface area (TPSA) is 43.6 Å². The highest BCUT2D eigenvalue weighted by molar-refractivity contribution is 7.07. The van der Waals surface area contributed by atoms with Crippen molar-refractivity contribution in [2.45, 2.75) is 6.92 Å². The van der Waals surface area contributed by atoms with E-state index in [1.165, 1.54) is 5.56 Å². The molecule has 1 aromatic carbocycles. The Balaban J connectivity index is 1.99. The van der Waals surface area contributed by atoms with Gasteiger partial charge in [0.1, 0.15) is 12.1 Å². The van der Waals surface area contributed by atoms with Gasteiger partial charge in [-0.2, -0.15) is 0 Å². The number of nitrogens with zero attached hydrogens (tertiary/aromatic N) is 4. The molecule has 4 nitrogen and oxygen atoms in total. The number of hydrogen-bond donors (Lipinski definition) is 0. The molecule has 4 rings (SSSR count). The molecule has 0 aliphatic rings. The van der Waals surface area contributed by atoms with Gasteiger partial charge in [0, 0.05) is 28.9 Å². The summed E-state index contributed by atoms with van der Waals surface area (Å²) in [6, 6.07) is 8.22. The lowest BCUT2D eigenvalue weighted by atomic mass is 10.0. The van der Waals surface area contributed by atoms with E-state index >= 15 is 0 Å². The summed E-state index contributed by atoms with van der Waals surface area (Å²) in [5, 5.41) is 2.02. The quantitative estimate of drug-likeness (QED) is 0.563. The first-order valence-corrected chi connectivity index (χ1v) is 7.54. The minimum atomic E-state index is 0.905. The summed E-state index contributed by atoms with van der Waals surface area (Å²) in [5.41, 5.74) is 7.28. The fourth-order valence-corrected chi connectivity index (χ4v) is 3.04. The largest absolute Gasteiger partial charge is 0.282 e. The Labute approximate surface area is 125 Å². The van der Waals surface area contributed by atoms with Crippen molar-refractivity contribution in [1.29, 1.82) is 0 Å². The van der Waals surface area contributed by atoms with Crippen LogP contribution in [0.3, 0.4) is 0 Å². The number of imidazole rings is 1. The zero-order valence-electron chi connectivity index (χ0n) is 11.4. The summed E-state index contributed by atoms with van der Waals surface area (Å²) in [6.45, 7) is 2.09. The number of pyridine rings is 1. The van der Waals surface area contributed by atoms with E-state index in [1.54, 1.807) is 11.3 Å². The number of thiazole rings is 1. The van der Waals surface area contributed by atoms with Crippen molar-refractivity contribution in [3.05, 3.63) is 59.4 Å². The van der Waals surface area contributed by atoms with Gasteiger partial charge in [-0.1, -0.05) is 12.1 Å². The van der Waals surface area contributed by atoms with E-state index < -0.39 is 0 Å². The van der Waals surface area contributed by atoms with E-state index in [0.717, 1.165) is 28.0 Å². The molecule has 0 aliphatic heterocycles. The Bertz CT molecular complexity index is 909. The molecule has 0 amide bonds. The minimum Gasteiger partial charge on any atom is -0.282 e. The van der Waals surface area contributed by atoms with Crippen LogP contribution in [0.25, 0.3) is 28.0 Å². The first-order valence-electron chi connectivity index (χ1n) is 6.60. The van der Waals surface area contributed by atoms with Crippen LogP contribution in [0.15, 0.2) is 53.9 Å². The third-order valence-corrected chi connectivity index (χ3v) is 4.15. The SMILES string of the molecule is Cc1ccncc1-c1cccc2c1ncn2-c1cscn1. The second-order valence-electron chi connectivity index (χ2n) is 4.83. The van der Waals surface area contributed by atoms with Gasteiger partial charge in [0.05, 0.1) is 16.5 Å². The van der Waals surface area contributed by atoms with E-state index in [1.807, 2.05) is 40.2 Å². The summed E-state index contributed by atoms with van der Waals surface area (Å²) in [7, 11) is 0. The lowest BCUT2D eigenvalue weighted by molar-refractivity contribution is 1.04. The van der Waals surface area contributed by atoms with Crippen molar-refractivity contribution in [1.82, 2.24) is 19.5 Å². The fourth-order valence-electron chi connectivity index (χ4n) is 2.51. The second kappa shape index (κ2) is 4.79. The van der Waals surface area contributed by atoms with Crippen LogP contribution in [0.5, 0.6) is 0 Å². The van der Waals surface area contributed by atoms with Crippen LogP contribution < -0.4 is 0 Å². The molecule has 3 heterocycles. The van der Waals surface area contributed by atoms with Crippen LogP contribution in [-0.4, -0.2) is 19.5 Å². The molecule has 0 fully saturated rings. The van der Waals surface area contributed by atoms with Crippen LogP contribution in [0, 0.1) is 6.92 Å². The molecule has 0 aliphatic carbocycles. The molecule has 0 N–H and O–H groups in total. The van der Waals surface area contributed by atoms with Gasteiger partial charge in [0.15, 0.2) is 0 Å². The fraction of sp³-hybridized carbons (Fsp3) is 0.0625. The van der Waals surface area contributed by atoms with Gasteiger partial charge in [0.25, 0.3) is 0 Å². The monoisotopic (exact) mass is 292 g/mol. The third-order valence-electron chi connectivity index (χ3n) is 3.57. The molecule has 5 heteroatoms. The maximum absolute atomic E-state index is 4.59. The van der Waals surface area contributed by atoms with Crippen molar-refractivity contribution in [2.24, 2.45) is 0 Å². The first kappa shape index (κ1) is 12.2. The highest BCUT2D eigenvalue weighted by Gasteiger charge is 2.12. The molecule has 4 aromatic rings. The average molecular weight is 292 g/mol. The van der Waals surface area contributed by atoms with Crippen LogP contribution in [0.2, 0.25) is 0 Å². The molecule has 0 atom stereocenters. The molecular formula is C16H12N4S. The molecule has 0 saturated carbocycles. The van der Waals surface area contributed by atoms with Crippen LogP contribution >= 0.6 is 11.3 Å². The molecule has 0 saturated heterocycles. The number of aryl methyl sites for hydroxylation is 1. The van der Waals surface area contributed by atoms with Crippen LogP contribution in [0.1, 0.15) is 5.56 Å². The maximum atomic E-state index is 4.59. The smallest absolute Gasteiger partial charge is 0.149 e. The number of rotatable bonds is 2.